The van der Waals surface area contributed by atoms with Crippen molar-refractivity contribution < 1.29 is 23.0 Å². The van der Waals surface area contributed by atoms with Crippen molar-refractivity contribution in [3.63, 3.8) is 0 Å². The summed E-state index contributed by atoms with van der Waals surface area (Å²) in [7, 11) is 2.40. The third-order valence-corrected chi connectivity index (χ3v) is 5.43. The van der Waals surface area contributed by atoms with E-state index in [0.29, 0.717) is 30.6 Å². The first kappa shape index (κ1) is 22.0. The average Bonchev–Trinajstić information content (AvgIpc) is 3.44. The zero-order valence-electron chi connectivity index (χ0n) is 17.9. The Labute approximate surface area is 187 Å². The highest BCUT2D eigenvalue weighted by Gasteiger charge is 2.29. The maximum atomic E-state index is 14.7. The number of carbonyl (C=O) groups is 1. The molecule has 0 radical (unpaired) electrons. The van der Waals surface area contributed by atoms with Gasteiger partial charge in [-0.15, -0.1) is 0 Å². The van der Waals surface area contributed by atoms with Crippen molar-refractivity contribution in [1.29, 1.82) is 0 Å². The number of amides is 1. The van der Waals surface area contributed by atoms with Crippen LogP contribution in [0, 0.1) is 23.5 Å². The Balaban J connectivity index is 1.82. The van der Waals surface area contributed by atoms with Gasteiger partial charge < -0.3 is 20.1 Å². The van der Waals surface area contributed by atoms with Gasteiger partial charge in [-0.3, -0.25) is 4.79 Å². The highest BCUT2D eigenvalue weighted by molar-refractivity contribution is 5.87. The number of nitrogens with zero attached hydrogens (tertiary/aromatic N) is 5. The van der Waals surface area contributed by atoms with Crippen molar-refractivity contribution in [2.24, 2.45) is 0 Å². The number of hydrogen-bond donors (Lipinski definition) is 1. The molecule has 4 rings (SSSR count). The number of carbonyl (C=O) groups excluding carboxylic acids is 1. The van der Waals surface area contributed by atoms with E-state index in [2.05, 4.69) is 33.5 Å². The van der Waals surface area contributed by atoms with Crippen molar-refractivity contribution in [2.45, 2.75) is 12.3 Å². The van der Waals surface area contributed by atoms with Gasteiger partial charge in [0.05, 0.1) is 19.8 Å². The molecule has 1 atom stereocenters. The van der Waals surface area contributed by atoms with Gasteiger partial charge in [0.15, 0.2) is 5.82 Å². The quantitative estimate of drug-likeness (QED) is 0.474. The van der Waals surface area contributed by atoms with Crippen LogP contribution in [-0.4, -0.2) is 57.7 Å². The van der Waals surface area contributed by atoms with Crippen LogP contribution in [0.3, 0.4) is 0 Å². The fourth-order valence-corrected chi connectivity index (χ4v) is 3.82. The van der Waals surface area contributed by atoms with E-state index in [-0.39, 0.29) is 17.6 Å². The first-order chi connectivity index (χ1) is 15.9. The van der Waals surface area contributed by atoms with E-state index in [4.69, 9.17) is 15.2 Å². The minimum atomic E-state index is -1.05. The number of rotatable bonds is 4. The Morgan fingerprint density at radius 1 is 1.27 bits per heavy atom. The zero-order chi connectivity index (χ0) is 23.7. The Morgan fingerprint density at radius 3 is 2.61 bits per heavy atom. The molecule has 0 bridgehead atoms. The van der Waals surface area contributed by atoms with E-state index >= 15 is 0 Å². The molecule has 0 saturated carbocycles. The molecule has 170 valence electrons. The number of nitrogen functional groups attached to an aromatic ring is 1. The Hall–Kier alpha value is -4.20. The van der Waals surface area contributed by atoms with Crippen molar-refractivity contribution in [1.82, 2.24) is 24.5 Å². The number of anilines is 1. The zero-order valence-corrected chi connectivity index (χ0v) is 17.9. The van der Waals surface area contributed by atoms with Gasteiger partial charge in [-0.25, -0.2) is 9.50 Å². The number of hydrogen-bond acceptors (Lipinski definition) is 7. The second-order valence-electron chi connectivity index (χ2n) is 7.25. The van der Waals surface area contributed by atoms with Crippen LogP contribution < -0.4 is 15.2 Å². The molecule has 2 N–H and O–H groups in total. The molecule has 11 heteroatoms. The summed E-state index contributed by atoms with van der Waals surface area (Å²) < 4.78 is 40.6. The summed E-state index contributed by atoms with van der Waals surface area (Å²) in [5.41, 5.74) is 7.06. The van der Waals surface area contributed by atoms with Gasteiger partial charge in [0, 0.05) is 24.7 Å². The largest absolute Gasteiger partial charge is 0.479 e. The summed E-state index contributed by atoms with van der Waals surface area (Å²) in [4.78, 5) is 21.3. The van der Waals surface area contributed by atoms with Crippen LogP contribution in [0.25, 0.3) is 5.52 Å². The maximum Gasteiger partial charge on any atom is 0.254 e. The molecular weight excluding hydrogens is 434 g/mol. The van der Waals surface area contributed by atoms with Gasteiger partial charge in [0.25, 0.3) is 11.8 Å². The molecule has 0 unspecified atom stereocenters. The van der Waals surface area contributed by atoms with Crippen LogP contribution in [0.2, 0.25) is 0 Å². The molecule has 3 aromatic heterocycles. The van der Waals surface area contributed by atoms with E-state index in [1.165, 1.54) is 26.6 Å². The lowest BCUT2D eigenvalue weighted by atomic mass is 10.0. The predicted molar refractivity (Wildman–Crippen MR) is 115 cm³/mol. The average molecular weight is 454 g/mol. The van der Waals surface area contributed by atoms with Gasteiger partial charge >= 0.3 is 0 Å². The van der Waals surface area contributed by atoms with E-state index in [1.54, 1.807) is 15.5 Å². The minimum absolute atomic E-state index is 0.0409. The number of pyridine rings is 1. The molecule has 3 aromatic rings. The Bertz CT molecular complexity index is 1300. The molecule has 1 aliphatic heterocycles. The highest BCUT2D eigenvalue weighted by Crippen LogP contribution is 2.32. The molecular formula is C22H20F2N6O3. The normalized spacial score (nSPS) is 15.3. The summed E-state index contributed by atoms with van der Waals surface area (Å²) in [6.45, 7) is 4.56. The Kier molecular flexibility index (Phi) is 5.83. The lowest BCUT2D eigenvalue weighted by Gasteiger charge is -2.14. The van der Waals surface area contributed by atoms with Gasteiger partial charge in [-0.05, 0) is 18.6 Å². The van der Waals surface area contributed by atoms with Crippen molar-refractivity contribution in [3.8, 4) is 23.6 Å². The van der Waals surface area contributed by atoms with E-state index < -0.39 is 29.0 Å². The number of aromatic nitrogens is 4. The van der Waals surface area contributed by atoms with E-state index in [1.807, 2.05) is 0 Å². The monoisotopic (exact) mass is 454 g/mol. The molecule has 1 aliphatic rings. The van der Waals surface area contributed by atoms with Crippen LogP contribution in [0.5, 0.6) is 11.8 Å². The molecule has 1 amide bonds. The fraction of sp³-hybridized carbons (Fsp3) is 0.273. The molecule has 9 nitrogen and oxygen atoms in total. The molecule has 0 aromatic carbocycles. The number of methoxy groups -OCH3 is 2. The molecule has 0 spiro atoms. The summed E-state index contributed by atoms with van der Waals surface area (Å²) in [5.74, 6) is 2.25. The first-order valence-corrected chi connectivity index (χ1v) is 9.92. The van der Waals surface area contributed by atoms with Crippen LogP contribution in [0.15, 0.2) is 25.0 Å². The lowest BCUT2D eigenvalue weighted by Crippen LogP contribution is -2.26. The third-order valence-electron chi connectivity index (χ3n) is 5.43. The summed E-state index contributed by atoms with van der Waals surface area (Å²) in [5, 5.41) is 4.28. The molecule has 33 heavy (non-hydrogen) atoms. The lowest BCUT2D eigenvalue weighted by molar-refractivity contribution is -0.125. The van der Waals surface area contributed by atoms with Crippen molar-refractivity contribution >= 4 is 17.2 Å². The third kappa shape index (κ3) is 3.80. The number of halogens is 2. The standard InChI is InChI=1S/C22H20F2N6O3/c1-4-16(31)29-8-7-13(10-29)15-9-12(19-20(25)26-11-27-30(15)19)5-6-14-17(23)21(32-2)28-22(33-3)18(14)24/h4,9,11,13H,1,7-8,10H2,2-3H3,(H2,25,26,27)/t13-/m0/s1. The fourth-order valence-electron chi connectivity index (χ4n) is 3.82. The van der Waals surface area contributed by atoms with Crippen LogP contribution in [-0.2, 0) is 4.79 Å². The maximum absolute atomic E-state index is 14.7. The van der Waals surface area contributed by atoms with Crippen LogP contribution in [0.1, 0.15) is 29.2 Å². The van der Waals surface area contributed by atoms with Gasteiger partial charge in [0.2, 0.25) is 17.5 Å². The highest BCUT2D eigenvalue weighted by atomic mass is 19.1. The Morgan fingerprint density at radius 2 is 1.97 bits per heavy atom. The van der Waals surface area contributed by atoms with E-state index in [0.717, 1.165) is 5.69 Å². The smallest absolute Gasteiger partial charge is 0.254 e. The SMILES string of the molecule is C=CC(=O)N1CC[C@H](c2cc(C#Cc3c(F)c(OC)nc(OC)c3F)c3c(N)ncnn23)C1. The minimum Gasteiger partial charge on any atom is -0.479 e. The van der Waals surface area contributed by atoms with Crippen LogP contribution >= 0.6 is 0 Å². The van der Waals surface area contributed by atoms with E-state index in [9.17, 15) is 13.6 Å². The number of likely N-dealkylation sites (tertiary alicyclic amines) is 1. The summed E-state index contributed by atoms with van der Waals surface area (Å²) in [6.07, 6.45) is 3.28. The molecule has 1 saturated heterocycles. The topological polar surface area (TPSA) is 108 Å². The van der Waals surface area contributed by atoms with Crippen molar-refractivity contribution in [3.05, 3.63) is 53.5 Å². The molecule has 4 heterocycles. The van der Waals surface area contributed by atoms with Gasteiger partial charge in [0.1, 0.15) is 17.4 Å². The molecule has 0 aliphatic carbocycles. The first-order valence-electron chi connectivity index (χ1n) is 9.92. The second-order valence-corrected chi connectivity index (χ2v) is 7.25. The summed E-state index contributed by atoms with van der Waals surface area (Å²) >= 11 is 0. The number of ether oxygens (including phenoxy) is 2. The van der Waals surface area contributed by atoms with Crippen molar-refractivity contribution in [2.75, 3.05) is 33.0 Å². The summed E-state index contributed by atoms with van der Waals surface area (Å²) in [6, 6.07) is 1.74. The van der Waals surface area contributed by atoms with Gasteiger partial charge in [-0.1, -0.05) is 18.4 Å². The van der Waals surface area contributed by atoms with Gasteiger partial charge in [-0.2, -0.15) is 18.9 Å². The van der Waals surface area contributed by atoms with Crippen LogP contribution in [0.4, 0.5) is 14.6 Å². The second kappa shape index (κ2) is 8.74. The molecule has 1 fully saturated rings. The predicted octanol–water partition coefficient (Wildman–Crippen LogP) is 1.90. The number of fused-ring (bicyclic) bond motifs is 1. The number of nitrogens with two attached hydrogens (primary N) is 1.